The zero-order valence-electron chi connectivity index (χ0n) is 16.0. The fourth-order valence-electron chi connectivity index (χ4n) is 3.01. The molecular formula is C22H19N5O2. The van der Waals surface area contributed by atoms with Gasteiger partial charge >= 0.3 is 0 Å². The number of benzene rings is 2. The molecule has 0 spiro atoms. The summed E-state index contributed by atoms with van der Waals surface area (Å²) < 4.78 is 3.35. The Bertz CT molecular complexity index is 1190. The molecule has 0 aliphatic carbocycles. The predicted molar refractivity (Wildman–Crippen MR) is 109 cm³/mol. The minimum Gasteiger partial charge on any atom is -0.331 e. The number of carbonyl (C=O) groups is 2. The van der Waals surface area contributed by atoms with E-state index in [9.17, 15) is 9.59 Å². The molecule has 1 N–H and O–H groups in total. The average Bonchev–Trinajstić information content (AvgIpc) is 3.38. The predicted octanol–water partition coefficient (Wildman–Crippen LogP) is 3.40. The van der Waals surface area contributed by atoms with E-state index in [1.165, 1.54) is 6.20 Å². The van der Waals surface area contributed by atoms with Gasteiger partial charge in [-0.25, -0.2) is 9.67 Å². The molecule has 4 aromatic rings. The largest absolute Gasteiger partial charge is 0.331 e. The van der Waals surface area contributed by atoms with Crippen LogP contribution in [0, 0.1) is 6.92 Å². The van der Waals surface area contributed by atoms with Crippen molar-refractivity contribution in [3.05, 3.63) is 95.8 Å². The minimum atomic E-state index is -0.270. The molecule has 0 atom stereocenters. The second-order valence-electron chi connectivity index (χ2n) is 6.68. The van der Waals surface area contributed by atoms with E-state index in [1.54, 1.807) is 59.2 Å². The Morgan fingerprint density at radius 1 is 1.00 bits per heavy atom. The highest BCUT2D eigenvalue weighted by molar-refractivity contribution is 6.07. The van der Waals surface area contributed by atoms with Crippen molar-refractivity contribution in [3.63, 3.8) is 0 Å². The van der Waals surface area contributed by atoms with Crippen molar-refractivity contribution < 1.29 is 9.59 Å². The van der Waals surface area contributed by atoms with Gasteiger partial charge in [-0.05, 0) is 42.8 Å². The number of hydrogen-bond donors (Lipinski definition) is 1. The maximum atomic E-state index is 12.5. The topological polar surface area (TPSA) is 81.8 Å². The fraction of sp³-hybridized carbons (Fsp3) is 0.0909. The lowest BCUT2D eigenvalue weighted by molar-refractivity contribution is 0.102. The summed E-state index contributed by atoms with van der Waals surface area (Å²) in [6.07, 6.45) is 6.52. The lowest BCUT2D eigenvalue weighted by atomic mass is 10.1. The number of rotatable bonds is 5. The molecule has 2 heterocycles. The van der Waals surface area contributed by atoms with Crippen molar-refractivity contribution in [2.75, 3.05) is 5.32 Å². The third kappa shape index (κ3) is 3.70. The molecule has 144 valence electrons. The van der Waals surface area contributed by atoms with Crippen molar-refractivity contribution in [2.24, 2.45) is 7.05 Å². The Kier molecular flexibility index (Phi) is 4.78. The number of carbonyl (C=O) groups excluding carboxylic acids is 2. The number of para-hydroxylation sites is 1. The molecule has 0 fully saturated rings. The van der Waals surface area contributed by atoms with Crippen LogP contribution in [0.4, 0.5) is 5.69 Å². The van der Waals surface area contributed by atoms with E-state index in [2.05, 4.69) is 15.4 Å². The number of aryl methyl sites for hydroxylation is 2. The number of anilines is 1. The number of imidazole rings is 1. The zero-order valence-corrected chi connectivity index (χ0v) is 16.0. The van der Waals surface area contributed by atoms with Crippen molar-refractivity contribution in [1.82, 2.24) is 19.3 Å². The molecule has 4 rings (SSSR count). The van der Waals surface area contributed by atoms with E-state index in [-0.39, 0.29) is 11.7 Å². The third-order valence-corrected chi connectivity index (χ3v) is 4.64. The molecule has 0 aliphatic rings. The number of amides is 1. The maximum Gasteiger partial charge on any atom is 0.258 e. The Morgan fingerprint density at radius 3 is 2.45 bits per heavy atom. The quantitative estimate of drug-likeness (QED) is 0.534. The van der Waals surface area contributed by atoms with Crippen LogP contribution >= 0.6 is 0 Å². The summed E-state index contributed by atoms with van der Waals surface area (Å²) in [6.45, 7) is 1.99. The lowest BCUT2D eigenvalue weighted by Crippen LogP contribution is -2.12. The van der Waals surface area contributed by atoms with E-state index in [0.29, 0.717) is 22.6 Å². The van der Waals surface area contributed by atoms with Crippen LogP contribution in [0.3, 0.4) is 0 Å². The van der Waals surface area contributed by atoms with Gasteiger partial charge < -0.3 is 9.88 Å². The van der Waals surface area contributed by atoms with Gasteiger partial charge in [0.05, 0.1) is 17.4 Å². The number of nitrogens with one attached hydrogen (secondary N) is 1. The minimum absolute atomic E-state index is 0.171. The summed E-state index contributed by atoms with van der Waals surface area (Å²) in [5, 5.41) is 7.11. The number of nitrogens with zero attached hydrogens (tertiary/aromatic N) is 4. The van der Waals surface area contributed by atoms with E-state index < -0.39 is 0 Å². The highest BCUT2D eigenvalue weighted by Crippen LogP contribution is 2.16. The molecule has 2 aromatic heterocycles. The van der Waals surface area contributed by atoms with Crippen molar-refractivity contribution >= 4 is 17.4 Å². The monoisotopic (exact) mass is 385 g/mol. The van der Waals surface area contributed by atoms with Gasteiger partial charge in [-0.1, -0.05) is 18.2 Å². The van der Waals surface area contributed by atoms with Gasteiger partial charge in [0, 0.05) is 36.9 Å². The Balaban J connectivity index is 1.47. The first-order chi connectivity index (χ1) is 14.0. The van der Waals surface area contributed by atoms with Crippen LogP contribution in [0.25, 0.3) is 5.69 Å². The van der Waals surface area contributed by atoms with Gasteiger partial charge in [-0.2, -0.15) is 5.10 Å². The normalized spacial score (nSPS) is 10.7. The van der Waals surface area contributed by atoms with Gasteiger partial charge in [0.2, 0.25) is 5.78 Å². The van der Waals surface area contributed by atoms with Gasteiger partial charge in [-0.3, -0.25) is 9.59 Å². The van der Waals surface area contributed by atoms with E-state index in [4.69, 9.17) is 0 Å². The van der Waals surface area contributed by atoms with Gasteiger partial charge in [-0.15, -0.1) is 0 Å². The number of hydrogen-bond acceptors (Lipinski definition) is 4. The van der Waals surface area contributed by atoms with Crippen molar-refractivity contribution in [2.45, 2.75) is 6.92 Å². The molecule has 0 saturated carbocycles. The highest BCUT2D eigenvalue weighted by Gasteiger charge is 2.14. The molecule has 29 heavy (non-hydrogen) atoms. The SMILES string of the molecule is Cc1ccccc1-n1cc(C(=O)Nc2ccc(C(=O)c3nccn3C)cc2)cn1. The number of aromatic nitrogens is 4. The Hall–Kier alpha value is -4.00. The Labute approximate surface area is 167 Å². The van der Waals surface area contributed by atoms with Gasteiger partial charge in [0.1, 0.15) is 0 Å². The molecule has 0 unspecified atom stereocenters. The smallest absolute Gasteiger partial charge is 0.258 e. The van der Waals surface area contributed by atoms with E-state index in [0.717, 1.165) is 11.3 Å². The molecule has 0 aliphatic heterocycles. The Morgan fingerprint density at radius 2 is 1.76 bits per heavy atom. The molecule has 1 amide bonds. The molecule has 2 aromatic carbocycles. The van der Waals surface area contributed by atoms with Crippen LogP contribution in [0.5, 0.6) is 0 Å². The lowest BCUT2D eigenvalue weighted by Gasteiger charge is -2.06. The summed E-state index contributed by atoms with van der Waals surface area (Å²) >= 11 is 0. The molecular weight excluding hydrogens is 366 g/mol. The molecule has 0 bridgehead atoms. The van der Waals surface area contributed by atoms with Gasteiger partial charge in [0.25, 0.3) is 5.91 Å². The van der Waals surface area contributed by atoms with Crippen molar-refractivity contribution in [3.8, 4) is 5.69 Å². The first-order valence-corrected chi connectivity index (χ1v) is 9.07. The summed E-state index contributed by atoms with van der Waals surface area (Å²) in [7, 11) is 1.77. The van der Waals surface area contributed by atoms with Crippen LogP contribution in [-0.4, -0.2) is 31.0 Å². The summed E-state index contributed by atoms with van der Waals surface area (Å²) in [5.74, 6) is -0.0756. The fourth-order valence-corrected chi connectivity index (χ4v) is 3.01. The van der Waals surface area contributed by atoms with E-state index >= 15 is 0 Å². The zero-order chi connectivity index (χ0) is 20.4. The maximum absolute atomic E-state index is 12.5. The standard InChI is InChI=1S/C22H19N5O2/c1-15-5-3-4-6-19(15)27-14-17(13-24-27)22(29)25-18-9-7-16(8-10-18)20(28)21-23-11-12-26(21)2/h3-14H,1-2H3,(H,25,29). The molecule has 0 saturated heterocycles. The second kappa shape index (κ2) is 7.55. The van der Waals surface area contributed by atoms with Crippen LogP contribution in [-0.2, 0) is 7.05 Å². The first kappa shape index (κ1) is 18.4. The number of ketones is 1. The van der Waals surface area contributed by atoms with E-state index in [1.807, 2.05) is 31.2 Å². The first-order valence-electron chi connectivity index (χ1n) is 9.07. The molecule has 7 heteroatoms. The summed E-state index contributed by atoms with van der Waals surface area (Å²) in [5.41, 5.74) is 3.53. The average molecular weight is 385 g/mol. The highest BCUT2D eigenvalue weighted by atomic mass is 16.1. The van der Waals surface area contributed by atoms with Crippen LogP contribution in [0.1, 0.15) is 32.1 Å². The summed E-state index contributed by atoms with van der Waals surface area (Å²) in [4.78, 5) is 29.1. The second-order valence-corrected chi connectivity index (χ2v) is 6.68. The third-order valence-electron chi connectivity index (χ3n) is 4.64. The van der Waals surface area contributed by atoms with Crippen LogP contribution < -0.4 is 5.32 Å². The van der Waals surface area contributed by atoms with Crippen LogP contribution in [0.15, 0.2) is 73.3 Å². The summed E-state index contributed by atoms with van der Waals surface area (Å²) in [6, 6.07) is 14.5. The van der Waals surface area contributed by atoms with Gasteiger partial charge in [0.15, 0.2) is 5.82 Å². The molecule has 0 radical (unpaired) electrons. The van der Waals surface area contributed by atoms with Crippen LogP contribution in [0.2, 0.25) is 0 Å². The molecule has 7 nitrogen and oxygen atoms in total. The van der Waals surface area contributed by atoms with Crippen molar-refractivity contribution in [1.29, 1.82) is 0 Å².